The Kier molecular flexibility index (Phi) is 7.99. The normalized spacial score (nSPS) is 10.4. The quantitative estimate of drug-likeness (QED) is 0.203. The van der Waals surface area contributed by atoms with Gasteiger partial charge >= 0.3 is 0 Å². The molecule has 0 bridgehead atoms. The van der Waals surface area contributed by atoms with Gasteiger partial charge in [-0.1, -0.05) is 172 Å². The van der Waals surface area contributed by atoms with Gasteiger partial charge in [-0.2, -0.15) is 0 Å². The Morgan fingerprint density at radius 3 is 1.25 bits per heavy atom. The second kappa shape index (κ2) is 12.1. The van der Waals surface area contributed by atoms with Crippen molar-refractivity contribution in [2.75, 3.05) is 0 Å². The summed E-state index contributed by atoms with van der Waals surface area (Å²) < 4.78 is 0. The zero-order valence-electron chi connectivity index (χ0n) is 22.7. The summed E-state index contributed by atoms with van der Waals surface area (Å²) in [5.41, 5.74) is 10.9. The molecule has 0 unspecified atom stereocenters. The topological polar surface area (TPSA) is 0 Å². The maximum Gasteiger partial charge on any atom is -0.00203 e. The Morgan fingerprint density at radius 2 is 0.700 bits per heavy atom. The van der Waals surface area contributed by atoms with Crippen molar-refractivity contribution in [1.82, 2.24) is 0 Å². The Balaban J connectivity index is 1.91. The first-order valence-electron chi connectivity index (χ1n) is 13.4. The van der Waals surface area contributed by atoms with Crippen molar-refractivity contribution < 1.29 is 0 Å². The zero-order valence-corrected chi connectivity index (χ0v) is 22.7. The van der Waals surface area contributed by atoms with E-state index in [0.717, 1.165) is 66.4 Å². The third-order valence-electron chi connectivity index (χ3n) is 7.26. The zero-order chi connectivity index (χ0) is 27.9. The molecule has 0 nitrogen and oxygen atoms in total. The van der Waals surface area contributed by atoms with Gasteiger partial charge in [-0.15, -0.1) is 0 Å². The van der Waals surface area contributed by atoms with Gasteiger partial charge in [0.05, 0.1) is 0 Å². The van der Waals surface area contributed by atoms with Crippen LogP contribution >= 0.6 is 0 Å². The van der Waals surface area contributed by atoms with Crippen LogP contribution in [0.15, 0.2) is 148 Å². The van der Waals surface area contributed by atoms with Crippen molar-refractivity contribution >= 4 is 35.1 Å². The molecule has 0 saturated heterocycles. The molecule has 0 spiro atoms. The Hall–Kier alpha value is -5.20. The van der Waals surface area contributed by atoms with Gasteiger partial charge in [0.25, 0.3) is 0 Å². The minimum atomic E-state index is 1.04. The number of benzene rings is 4. The van der Waals surface area contributed by atoms with Gasteiger partial charge in [0.1, 0.15) is 0 Å². The molecule has 5 aromatic carbocycles. The molecule has 5 rings (SSSR count). The summed E-state index contributed by atoms with van der Waals surface area (Å²) in [6.45, 7) is 17.0. The lowest BCUT2D eigenvalue weighted by atomic mass is 9.81. The molecule has 0 aliphatic carbocycles. The summed E-state index contributed by atoms with van der Waals surface area (Å²) in [5.74, 6) is 0. The largest absolute Gasteiger partial charge is 0.0984 e. The molecule has 0 heteroatoms. The molecule has 0 amide bonds. The number of hydrogen-bond acceptors (Lipinski definition) is 0. The van der Waals surface area contributed by atoms with Gasteiger partial charge in [0, 0.05) is 0 Å². The van der Waals surface area contributed by atoms with E-state index >= 15 is 0 Å². The van der Waals surface area contributed by atoms with Crippen LogP contribution in [-0.2, 0) is 0 Å². The molecule has 0 aromatic heterocycles. The second-order valence-corrected chi connectivity index (χ2v) is 9.43. The molecule has 0 aliphatic heterocycles. The highest BCUT2D eigenvalue weighted by Gasteiger charge is 2.21. The number of rotatable bonds is 7. The smallest absolute Gasteiger partial charge is 0.00203 e. The van der Waals surface area contributed by atoms with Crippen LogP contribution in [0, 0.1) is 0 Å². The minimum Gasteiger partial charge on any atom is -0.0984 e. The highest BCUT2D eigenvalue weighted by molar-refractivity contribution is 6.12. The Bertz CT molecular complexity index is 1780. The average molecular weight is 513 g/mol. The average Bonchev–Trinajstić information content (AvgIpc) is 3.02. The molecule has 5 aromatic rings. The number of fused-ring (bicyclic) bond motifs is 1. The van der Waals surface area contributed by atoms with Gasteiger partial charge in [0.15, 0.2) is 0 Å². The standard InChI is InChI=1S/C40H32/c1-5-31-32(6-2)38(28-27-35(31)29-21-17-14-18-22-29)40-34(8-4)33(7-3)39(36-25-19-20-26-37(36)40)30-23-15-12-10-9-11-13-16-24-30/h5-28H,1-4H2. The van der Waals surface area contributed by atoms with Crippen LogP contribution in [0.3, 0.4) is 0 Å². The van der Waals surface area contributed by atoms with E-state index in [1.54, 1.807) is 0 Å². The van der Waals surface area contributed by atoms with Crippen LogP contribution in [0.1, 0.15) is 22.3 Å². The van der Waals surface area contributed by atoms with Crippen molar-refractivity contribution in [3.05, 3.63) is 170 Å². The Labute approximate surface area is 237 Å². The minimum absolute atomic E-state index is 1.04. The first-order valence-corrected chi connectivity index (χ1v) is 13.4. The van der Waals surface area contributed by atoms with E-state index in [9.17, 15) is 0 Å². The lowest BCUT2D eigenvalue weighted by Gasteiger charge is -2.22. The summed E-state index contributed by atoms with van der Waals surface area (Å²) in [7, 11) is 0. The molecule has 0 N–H and O–H groups in total. The van der Waals surface area contributed by atoms with Gasteiger partial charge in [-0.05, 0) is 66.4 Å². The predicted octanol–water partition coefficient (Wildman–Crippen LogP) is 11.5. The van der Waals surface area contributed by atoms with E-state index in [4.69, 9.17) is 0 Å². The van der Waals surface area contributed by atoms with Crippen LogP contribution in [0.4, 0.5) is 0 Å². The fourth-order valence-corrected chi connectivity index (χ4v) is 5.53. The van der Waals surface area contributed by atoms with Gasteiger partial charge < -0.3 is 0 Å². The molecule has 0 saturated carbocycles. The monoisotopic (exact) mass is 512 g/mol. The first kappa shape index (κ1) is 26.4. The van der Waals surface area contributed by atoms with E-state index in [-0.39, 0.29) is 0 Å². The van der Waals surface area contributed by atoms with Gasteiger partial charge in [-0.25, -0.2) is 0 Å². The fraction of sp³-hybridized carbons (Fsp3) is 0. The van der Waals surface area contributed by atoms with Crippen molar-refractivity contribution in [3.63, 3.8) is 0 Å². The molecule has 0 fully saturated rings. The van der Waals surface area contributed by atoms with Crippen molar-refractivity contribution in [1.29, 1.82) is 0 Å². The predicted molar refractivity (Wildman–Crippen MR) is 178 cm³/mol. The molecule has 192 valence electrons. The lowest BCUT2D eigenvalue weighted by Crippen LogP contribution is -1.99. The molecule has 40 heavy (non-hydrogen) atoms. The molecule has 0 radical (unpaired) electrons. The fourth-order valence-electron chi connectivity index (χ4n) is 5.53. The van der Waals surface area contributed by atoms with E-state index in [1.165, 1.54) is 0 Å². The summed E-state index contributed by atoms with van der Waals surface area (Å²) in [5, 5.41) is 2.30. The molecule has 0 atom stereocenters. The maximum atomic E-state index is 4.28. The summed E-state index contributed by atoms with van der Waals surface area (Å²) >= 11 is 0. The first-order chi connectivity index (χ1) is 19.7. The summed E-state index contributed by atoms with van der Waals surface area (Å²) in [4.78, 5) is 0. The molecular formula is C40H32. The van der Waals surface area contributed by atoms with Crippen LogP contribution < -0.4 is 0 Å². The van der Waals surface area contributed by atoms with Crippen molar-refractivity contribution in [2.45, 2.75) is 0 Å². The van der Waals surface area contributed by atoms with Gasteiger partial charge in [-0.3, -0.25) is 0 Å². The van der Waals surface area contributed by atoms with Gasteiger partial charge in [0.2, 0.25) is 0 Å². The summed E-state index contributed by atoms with van der Waals surface area (Å²) in [6, 6.07) is 42.0. The highest BCUT2D eigenvalue weighted by atomic mass is 14.2. The van der Waals surface area contributed by atoms with E-state index in [1.807, 2.05) is 60.7 Å². The molecule has 0 aliphatic rings. The van der Waals surface area contributed by atoms with E-state index < -0.39 is 0 Å². The van der Waals surface area contributed by atoms with Crippen LogP contribution in [0.5, 0.6) is 0 Å². The molecular weight excluding hydrogens is 480 g/mol. The van der Waals surface area contributed by atoms with Crippen molar-refractivity contribution in [2.24, 2.45) is 0 Å². The lowest BCUT2D eigenvalue weighted by molar-refractivity contribution is 1.54. The number of hydrogen-bond donors (Lipinski definition) is 0. The van der Waals surface area contributed by atoms with Crippen LogP contribution in [-0.4, -0.2) is 0 Å². The van der Waals surface area contributed by atoms with Crippen LogP contribution in [0.25, 0.3) is 68.5 Å². The molecule has 0 heterocycles. The van der Waals surface area contributed by atoms with E-state index in [0.29, 0.717) is 0 Å². The van der Waals surface area contributed by atoms with Crippen LogP contribution in [0.2, 0.25) is 0 Å². The SMILES string of the molecule is C=Cc1c(-c2ccccc2)ccc(-c2c(C=C)c(C=C)c(-c3ccccccccc3)c3ccccc23)c1C=C. The maximum absolute atomic E-state index is 4.28. The third-order valence-corrected chi connectivity index (χ3v) is 7.26. The second-order valence-electron chi connectivity index (χ2n) is 9.43. The third kappa shape index (κ3) is 4.84. The summed E-state index contributed by atoms with van der Waals surface area (Å²) in [6.07, 6.45) is 7.79. The van der Waals surface area contributed by atoms with E-state index in [2.05, 4.69) is 111 Å². The van der Waals surface area contributed by atoms with Crippen molar-refractivity contribution in [3.8, 4) is 33.4 Å². The highest BCUT2D eigenvalue weighted by Crippen LogP contribution is 2.45. The Morgan fingerprint density at radius 1 is 0.325 bits per heavy atom.